The number of hydrogen-bond acceptors (Lipinski definition) is 4. The molecule has 1 N–H and O–H groups in total. The molecule has 6 nitrogen and oxygen atoms in total. The molecular weight excluding hydrogens is 352 g/mol. The predicted octanol–water partition coefficient (Wildman–Crippen LogP) is 2.98. The Bertz CT molecular complexity index is 832. The van der Waals surface area contributed by atoms with Gasteiger partial charge in [-0.25, -0.2) is 0 Å². The third kappa shape index (κ3) is 3.71. The molecule has 1 unspecified atom stereocenters. The Morgan fingerprint density at radius 3 is 2.79 bits per heavy atom. The largest absolute Gasteiger partial charge is 0.378 e. The van der Waals surface area contributed by atoms with Crippen molar-refractivity contribution in [2.45, 2.75) is 57.3 Å². The number of benzene rings is 1. The molecule has 4 rings (SSSR count). The molecular formula is C22H30N4O2. The Hall–Kier alpha value is -2.18. The van der Waals surface area contributed by atoms with E-state index in [-0.39, 0.29) is 11.9 Å². The Kier molecular flexibility index (Phi) is 5.78. The van der Waals surface area contributed by atoms with Crippen LogP contribution in [0.1, 0.15) is 43.1 Å². The topological polar surface area (TPSA) is 59.4 Å². The highest BCUT2D eigenvalue weighted by molar-refractivity contribution is 6.05. The fourth-order valence-electron chi connectivity index (χ4n) is 4.62. The third-order valence-corrected chi connectivity index (χ3v) is 5.95. The monoisotopic (exact) mass is 382 g/mol. The minimum atomic E-state index is -0.0787. The molecule has 0 spiro atoms. The van der Waals surface area contributed by atoms with Crippen molar-refractivity contribution in [3.63, 3.8) is 0 Å². The van der Waals surface area contributed by atoms with Crippen molar-refractivity contribution < 1.29 is 9.53 Å². The molecule has 0 radical (unpaired) electrons. The smallest absolute Gasteiger partial charge is 0.272 e. The van der Waals surface area contributed by atoms with Gasteiger partial charge in [-0.2, -0.15) is 5.10 Å². The normalized spacial score (nSPS) is 25.0. The van der Waals surface area contributed by atoms with E-state index in [1.54, 1.807) is 6.08 Å². The lowest BCUT2D eigenvalue weighted by Crippen LogP contribution is -2.60. The van der Waals surface area contributed by atoms with E-state index in [0.717, 1.165) is 43.5 Å². The number of unbranched alkanes of at least 4 members (excludes halogenated alkanes) is 1. The quantitative estimate of drug-likeness (QED) is 0.748. The van der Waals surface area contributed by atoms with Gasteiger partial charge in [-0.3, -0.25) is 14.4 Å². The van der Waals surface area contributed by atoms with E-state index in [4.69, 9.17) is 4.74 Å². The lowest BCUT2D eigenvalue weighted by molar-refractivity contribution is -0.0802. The van der Waals surface area contributed by atoms with Crippen molar-refractivity contribution in [1.29, 1.82) is 0 Å². The first kappa shape index (κ1) is 19.2. The van der Waals surface area contributed by atoms with Gasteiger partial charge in [0, 0.05) is 23.5 Å². The van der Waals surface area contributed by atoms with E-state index in [9.17, 15) is 4.79 Å². The summed E-state index contributed by atoms with van der Waals surface area (Å²) in [7, 11) is 0. The van der Waals surface area contributed by atoms with Crippen LogP contribution < -0.4 is 5.32 Å². The lowest BCUT2D eigenvalue weighted by Gasteiger charge is -2.48. The molecule has 0 aliphatic carbocycles. The van der Waals surface area contributed by atoms with Gasteiger partial charge in [0.2, 0.25) is 0 Å². The van der Waals surface area contributed by atoms with E-state index in [0.29, 0.717) is 24.3 Å². The lowest BCUT2D eigenvalue weighted by atomic mass is 9.89. The van der Waals surface area contributed by atoms with Crippen LogP contribution in [0, 0.1) is 0 Å². The number of fused-ring (bicyclic) bond motifs is 3. The summed E-state index contributed by atoms with van der Waals surface area (Å²) in [6, 6.07) is 8.86. The summed E-state index contributed by atoms with van der Waals surface area (Å²) in [5.74, 6) is -0.0787. The first-order valence-electron chi connectivity index (χ1n) is 10.4. The van der Waals surface area contributed by atoms with Crippen molar-refractivity contribution in [2.24, 2.45) is 0 Å². The van der Waals surface area contributed by atoms with E-state index in [1.165, 1.54) is 12.8 Å². The van der Waals surface area contributed by atoms with Crippen molar-refractivity contribution in [2.75, 3.05) is 19.8 Å². The van der Waals surface area contributed by atoms with Crippen molar-refractivity contribution in [1.82, 2.24) is 20.0 Å². The average molecular weight is 383 g/mol. The second kappa shape index (κ2) is 8.45. The second-order valence-electron chi connectivity index (χ2n) is 7.91. The number of carbonyl (C=O) groups is 1. The summed E-state index contributed by atoms with van der Waals surface area (Å²) in [5, 5.41) is 8.73. The number of ether oxygens (including phenoxy) is 1. The molecule has 1 amide bonds. The van der Waals surface area contributed by atoms with E-state index >= 15 is 0 Å². The van der Waals surface area contributed by atoms with Gasteiger partial charge in [0.25, 0.3) is 5.91 Å². The number of para-hydroxylation sites is 1. The minimum absolute atomic E-state index is 0.0787. The van der Waals surface area contributed by atoms with Crippen molar-refractivity contribution in [3.05, 3.63) is 42.6 Å². The number of hydrogen-bond donors (Lipinski definition) is 1. The summed E-state index contributed by atoms with van der Waals surface area (Å²) >= 11 is 0. The molecule has 2 fully saturated rings. The van der Waals surface area contributed by atoms with Gasteiger partial charge in [-0.1, -0.05) is 37.6 Å². The summed E-state index contributed by atoms with van der Waals surface area (Å²) < 4.78 is 7.63. The number of rotatable bonds is 7. The third-order valence-electron chi connectivity index (χ3n) is 5.95. The average Bonchev–Trinajstić information content (AvgIpc) is 3.05. The standard InChI is InChI=1S/C22H30N4O2/c1-3-5-11-25-17-12-16(13-18(25)15-28-14-17)23-22(27)21-19-8-6-7-9-20(19)26(24-21)10-4-2/h4,6-9,16-18H,2-3,5,10-15H2,1H3,(H,23,27)/t16?,17-,18+. The molecule has 2 aromatic rings. The van der Waals surface area contributed by atoms with Crippen LogP contribution in [-0.2, 0) is 11.3 Å². The van der Waals surface area contributed by atoms with Crippen LogP contribution in [-0.4, -0.2) is 58.5 Å². The molecule has 0 saturated carbocycles. The first-order chi connectivity index (χ1) is 13.7. The molecule has 3 atom stereocenters. The molecule has 1 aromatic heterocycles. The molecule has 150 valence electrons. The van der Waals surface area contributed by atoms with E-state index in [2.05, 4.69) is 28.8 Å². The molecule has 2 bridgehead atoms. The highest BCUT2D eigenvalue weighted by Gasteiger charge is 2.39. The second-order valence-corrected chi connectivity index (χ2v) is 7.91. The Morgan fingerprint density at radius 2 is 2.07 bits per heavy atom. The van der Waals surface area contributed by atoms with Crippen LogP contribution in [0.15, 0.2) is 36.9 Å². The number of piperidine rings is 1. The number of amides is 1. The maximum atomic E-state index is 13.1. The maximum absolute atomic E-state index is 13.1. The zero-order chi connectivity index (χ0) is 19.5. The van der Waals surface area contributed by atoms with Gasteiger partial charge >= 0.3 is 0 Å². The van der Waals surface area contributed by atoms with Gasteiger partial charge < -0.3 is 10.1 Å². The van der Waals surface area contributed by atoms with Gasteiger partial charge in [0.05, 0.1) is 25.3 Å². The fraction of sp³-hybridized carbons (Fsp3) is 0.545. The molecule has 2 aliphatic rings. The van der Waals surface area contributed by atoms with Crippen LogP contribution in [0.5, 0.6) is 0 Å². The van der Waals surface area contributed by atoms with Crippen LogP contribution >= 0.6 is 0 Å². The number of morpholine rings is 1. The van der Waals surface area contributed by atoms with E-state index < -0.39 is 0 Å². The first-order valence-corrected chi connectivity index (χ1v) is 10.4. The van der Waals surface area contributed by atoms with Crippen LogP contribution in [0.2, 0.25) is 0 Å². The predicted molar refractivity (Wildman–Crippen MR) is 110 cm³/mol. The highest BCUT2D eigenvalue weighted by Crippen LogP contribution is 2.28. The number of allylic oxidation sites excluding steroid dienone is 1. The SMILES string of the molecule is C=CCn1nc(C(=O)NC2C[C@H]3COC[C@@H](C2)N3CCCC)c2ccccc21. The maximum Gasteiger partial charge on any atom is 0.272 e. The van der Waals surface area contributed by atoms with Gasteiger partial charge in [-0.15, -0.1) is 6.58 Å². The molecule has 1 aromatic carbocycles. The van der Waals surface area contributed by atoms with Gasteiger partial charge in [0.1, 0.15) is 0 Å². The van der Waals surface area contributed by atoms with Gasteiger partial charge in [-0.05, 0) is 31.9 Å². The summed E-state index contributed by atoms with van der Waals surface area (Å²) in [6.45, 7) is 9.28. The Morgan fingerprint density at radius 1 is 1.32 bits per heavy atom. The van der Waals surface area contributed by atoms with Gasteiger partial charge in [0.15, 0.2) is 5.69 Å². The summed E-state index contributed by atoms with van der Waals surface area (Å²) in [5.41, 5.74) is 1.47. The molecule has 28 heavy (non-hydrogen) atoms. The summed E-state index contributed by atoms with van der Waals surface area (Å²) in [4.78, 5) is 15.7. The Balaban J connectivity index is 1.49. The molecule has 2 aliphatic heterocycles. The number of aromatic nitrogens is 2. The number of nitrogens with zero attached hydrogens (tertiary/aromatic N) is 3. The van der Waals surface area contributed by atoms with E-state index in [1.807, 2.05) is 28.9 Å². The number of carbonyl (C=O) groups excluding carboxylic acids is 1. The molecule has 6 heteroatoms. The molecule has 3 heterocycles. The van der Waals surface area contributed by atoms with Crippen molar-refractivity contribution >= 4 is 16.8 Å². The van der Waals surface area contributed by atoms with Crippen LogP contribution in [0.25, 0.3) is 10.9 Å². The Labute approximate surface area is 166 Å². The summed E-state index contributed by atoms with van der Waals surface area (Å²) in [6.07, 6.45) is 6.11. The minimum Gasteiger partial charge on any atom is -0.378 e. The van der Waals surface area contributed by atoms with Crippen LogP contribution in [0.3, 0.4) is 0 Å². The zero-order valence-corrected chi connectivity index (χ0v) is 16.6. The number of nitrogens with one attached hydrogen (secondary N) is 1. The van der Waals surface area contributed by atoms with Crippen LogP contribution in [0.4, 0.5) is 0 Å². The van der Waals surface area contributed by atoms with Crippen molar-refractivity contribution in [3.8, 4) is 0 Å². The fourth-order valence-corrected chi connectivity index (χ4v) is 4.62. The zero-order valence-electron chi connectivity index (χ0n) is 16.6. The molecule has 2 saturated heterocycles. The highest BCUT2D eigenvalue weighted by atomic mass is 16.5.